The maximum absolute atomic E-state index is 5.77. The minimum absolute atomic E-state index is 0.530. The lowest BCUT2D eigenvalue weighted by Gasteiger charge is -2.29. The van der Waals surface area contributed by atoms with Crippen LogP contribution < -0.4 is 0 Å². The molecule has 0 amide bonds. The van der Waals surface area contributed by atoms with Gasteiger partial charge in [-0.15, -0.1) is 22.9 Å². The molecule has 116 valence electrons. The molecule has 0 aliphatic carbocycles. The highest BCUT2D eigenvalue weighted by Gasteiger charge is 2.12. The molecule has 1 aromatic heterocycles. The highest BCUT2D eigenvalue weighted by molar-refractivity contribution is 7.09. The van der Waals surface area contributed by atoms with Gasteiger partial charge in [0.1, 0.15) is 0 Å². The number of unbranched alkanes of at least 4 members (excludes halogenated alkanes) is 1. The Morgan fingerprint density at radius 2 is 2.10 bits per heavy atom. The summed E-state index contributed by atoms with van der Waals surface area (Å²) in [7, 11) is 4.28. The van der Waals surface area contributed by atoms with Crippen LogP contribution in [0.1, 0.15) is 37.4 Å². The van der Waals surface area contributed by atoms with Crippen LogP contribution >= 0.6 is 22.9 Å². The second-order valence-corrected chi connectivity index (χ2v) is 6.77. The fraction of sp³-hybridized carbons (Fsp3) is 0.800. The van der Waals surface area contributed by atoms with Crippen LogP contribution in [-0.2, 0) is 12.3 Å². The number of aromatic nitrogens is 1. The van der Waals surface area contributed by atoms with E-state index in [1.165, 1.54) is 24.4 Å². The standard InChI is InChI=1S/C15H28ClN3S/c1-5-19(13(2)11-18(3)4)9-7-6-8-15-17-14(10-16)12-20-15/h12-13H,5-11H2,1-4H3. The van der Waals surface area contributed by atoms with Gasteiger partial charge in [-0.3, -0.25) is 4.90 Å². The molecule has 0 N–H and O–H groups in total. The minimum atomic E-state index is 0.530. The molecule has 1 rings (SSSR count). The first kappa shape index (κ1) is 17.9. The first-order valence-corrected chi connectivity index (χ1v) is 8.86. The van der Waals surface area contributed by atoms with E-state index in [0.717, 1.165) is 25.2 Å². The summed E-state index contributed by atoms with van der Waals surface area (Å²) in [6.07, 6.45) is 3.53. The van der Waals surface area contributed by atoms with E-state index < -0.39 is 0 Å². The largest absolute Gasteiger partial charge is 0.308 e. The molecule has 20 heavy (non-hydrogen) atoms. The number of hydrogen-bond donors (Lipinski definition) is 0. The number of thiazole rings is 1. The summed E-state index contributed by atoms with van der Waals surface area (Å²) in [5, 5.41) is 3.30. The maximum Gasteiger partial charge on any atom is 0.0928 e. The molecule has 0 spiro atoms. The van der Waals surface area contributed by atoms with Gasteiger partial charge in [0.2, 0.25) is 0 Å². The zero-order chi connectivity index (χ0) is 15.0. The molecular weight excluding hydrogens is 290 g/mol. The average molecular weight is 318 g/mol. The van der Waals surface area contributed by atoms with Crippen LogP contribution in [0.2, 0.25) is 0 Å². The van der Waals surface area contributed by atoms with Crippen molar-refractivity contribution in [2.45, 2.75) is 45.0 Å². The molecule has 3 nitrogen and oxygen atoms in total. The average Bonchev–Trinajstić information content (AvgIpc) is 2.85. The van der Waals surface area contributed by atoms with Crippen molar-refractivity contribution >= 4 is 22.9 Å². The lowest BCUT2D eigenvalue weighted by molar-refractivity contribution is 0.179. The van der Waals surface area contributed by atoms with Crippen molar-refractivity contribution in [1.29, 1.82) is 0 Å². The van der Waals surface area contributed by atoms with Crippen LogP contribution in [0.4, 0.5) is 0 Å². The highest BCUT2D eigenvalue weighted by atomic mass is 35.5. The number of rotatable bonds is 10. The topological polar surface area (TPSA) is 19.4 Å². The van der Waals surface area contributed by atoms with Gasteiger partial charge >= 0.3 is 0 Å². The van der Waals surface area contributed by atoms with E-state index in [2.05, 4.69) is 48.1 Å². The molecular formula is C15H28ClN3S. The third kappa shape index (κ3) is 6.53. The summed E-state index contributed by atoms with van der Waals surface area (Å²) in [4.78, 5) is 9.33. The second kappa shape index (κ2) is 9.72. The Balaban J connectivity index is 2.24. The van der Waals surface area contributed by atoms with Crippen molar-refractivity contribution in [2.24, 2.45) is 0 Å². The molecule has 1 aromatic rings. The van der Waals surface area contributed by atoms with E-state index in [4.69, 9.17) is 11.6 Å². The van der Waals surface area contributed by atoms with Gasteiger partial charge in [-0.1, -0.05) is 6.92 Å². The first-order chi connectivity index (χ1) is 9.56. The van der Waals surface area contributed by atoms with E-state index in [9.17, 15) is 0 Å². The van der Waals surface area contributed by atoms with Gasteiger partial charge < -0.3 is 4.90 Å². The summed E-state index contributed by atoms with van der Waals surface area (Å²) in [5.74, 6) is 0.530. The minimum Gasteiger partial charge on any atom is -0.308 e. The molecule has 0 bridgehead atoms. The van der Waals surface area contributed by atoms with E-state index in [0.29, 0.717) is 11.9 Å². The number of halogens is 1. The van der Waals surface area contributed by atoms with Gasteiger partial charge in [-0.25, -0.2) is 4.98 Å². The lowest BCUT2D eigenvalue weighted by atomic mass is 10.2. The Morgan fingerprint density at radius 1 is 1.35 bits per heavy atom. The van der Waals surface area contributed by atoms with Gasteiger partial charge in [-0.05, 0) is 53.4 Å². The quantitative estimate of drug-likeness (QED) is 0.486. The summed E-state index contributed by atoms with van der Waals surface area (Å²) in [5.41, 5.74) is 1.02. The van der Waals surface area contributed by atoms with Crippen molar-refractivity contribution in [3.05, 3.63) is 16.1 Å². The smallest absolute Gasteiger partial charge is 0.0928 e. The molecule has 0 aliphatic rings. The van der Waals surface area contributed by atoms with Crippen molar-refractivity contribution in [3.8, 4) is 0 Å². The fourth-order valence-corrected chi connectivity index (χ4v) is 3.52. The number of aryl methyl sites for hydroxylation is 1. The van der Waals surface area contributed by atoms with Crippen molar-refractivity contribution in [1.82, 2.24) is 14.8 Å². The monoisotopic (exact) mass is 317 g/mol. The van der Waals surface area contributed by atoms with Crippen LogP contribution in [0.25, 0.3) is 0 Å². The molecule has 0 fully saturated rings. The van der Waals surface area contributed by atoms with Crippen molar-refractivity contribution in [2.75, 3.05) is 33.7 Å². The molecule has 0 aromatic carbocycles. The summed E-state index contributed by atoms with van der Waals surface area (Å²) in [6.45, 7) is 8.00. The molecule has 0 radical (unpaired) electrons. The Hall–Kier alpha value is -0.160. The Labute approximate surface area is 132 Å². The zero-order valence-electron chi connectivity index (χ0n) is 13.2. The van der Waals surface area contributed by atoms with E-state index >= 15 is 0 Å². The van der Waals surface area contributed by atoms with Crippen LogP contribution in [-0.4, -0.2) is 54.6 Å². The SMILES string of the molecule is CCN(CCCCc1nc(CCl)cs1)C(C)CN(C)C. The van der Waals surface area contributed by atoms with Crippen LogP contribution in [0.5, 0.6) is 0 Å². The number of likely N-dealkylation sites (N-methyl/N-ethyl adjacent to an activating group) is 2. The number of alkyl halides is 1. The van der Waals surface area contributed by atoms with Crippen molar-refractivity contribution in [3.63, 3.8) is 0 Å². The molecule has 1 heterocycles. The van der Waals surface area contributed by atoms with Crippen LogP contribution in [0, 0.1) is 0 Å². The van der Waals surface area contributed by atoms with E-state index in [-0.39, 0.29) is 0 Å². The predicted molar refractivity (Wildman–Crippen MR) is 89.9 cm³/mol. The molecule has 1 atom stereocenters. The summed E-state index contributed by atoms with van der Waals surface area (Å²) < 4.78 is 0. The van der Waals surface area contributed by atoms with Crippen LogP contribution in [0.15, 0.2) is 5.38 Å². The summed E-state index contributed by atoms with van der Waals surface area (Å²) >= 11 is 7.51. The summed E-state index contributed by atoms with van der Waals surface area (Å²) in [6, 6.07) is 0.623. The molecule has 0 saturated heterocycles. The van der Waals surface area contributed by atoms with E-state index in [1.54, 1.807) is 11.3 Å². The lowest BCUT2D eigenvalue weighted by Crippen LogP contribution is -2.40. The predicted octanol–water partition coefficient (Wildman–Crippen LogP) is 3.48. The van der Waals surface area contributed by atoms with Gasteiger partial charge in [0.15, 0.2) is 0 Å². The first-order valence-electron chi connectivity index (χ1n) is 7.44. The number of nitrogens with zero attached hydrogens (tertiary/aromatic N) is 3. The fourth-order valence-electron chi connectivity index (χ4n) is 2.45. The van der Waals surface area contributed by atoms with E-state index in [1.807, 2.05) is 0 Å². The highest BCUT2D eigenvalue weighted by Crippen LogP contribution is 2.14. The molecule has 0 saturated carbocycles. The van der Waals surface area contributed by atoms with Gasteiger partial charge in [0.05, 0.1) is 16.6 Å². The van der Waals surface area contributed by atoms with Crippen molar-refractivity contribution < 1.29 is 0 Å². The molecule has 1 unspecified atom stereocenters. The number of hydrogen-bond acceptors (Lipinski definition) is 4. The molecule has 0 aliphatic heterocycles. The third-order valence-electron chi connectivity index (χ3n) is 3.48. The zero-order valence-corrected chi connectivity index (χ0v) is 14.8. The Kier molecular flexibility index (Phi) is 8.69. The normalized spacial score (nSPS) is 13.3. The van der Waals surface area contributed by atoms with Gasteiger partial charge in [0.25, 0.3) is 0 Å². The van der Waals surface area contributed by atoms with Gasteiger partial charge in [0, 0.05) is 18.0 Å². The Bertz CT molecular complexity index is 368. The van der Waals surface area contributed by atoms with Crippen LogP contribution in [0.3, 0.4) is 0 Å². The Morgan fingerprint density at radius 3 is 2.65 bits per heavy atom. The maximum atomic E-state index is 5.77. The molecule has 5 heteroatoms. The second-order valence-electron chi connectivity index (χ2n) is 5.56. The van der Waals surface area contributed by atoms with Gasteiger partial charge in [-0.2, -0.15) is 0 Å². The third-order valence-corrected chi connectivity index (χ3v) is 4.71.